The lowest BCUT2D eigenvalue weighted by Crippen LogP contribution is -2.14. The fourth-order valence-electron chi connectivity index (χ4n) is 1.36. The molecule has 0 spiro atoms. The number of rotatable bonds is 2. The Morgan fingerprint density at radius 1 is 1.83 bits per heavy atom. The average molecular weight is 188 g/mol. The zero-order valence-corrected chi connectivity index (χ0v) is 8.00. The molecule has 0 saturated carbocycles. The summed E-state index contributed by atoms with van der Waals surface area (Å²) in [5.41, 5.74) is 0.840. The van der Waals surface area contributed by atoms with E-state index in [1.165, 1.54) is 0 Å². The summed E-state index contributed by atoms with van der Waals surface area (Å²) in [6.07, 6.45) is 4.11. The first-order valence-corrected chi connectivity index (χ1v) is 5.03. The lowest BCUT2D eigenvalue weighted by atomic mass is 10.3. The van der Waals surface area contributed by atoms with E-state index in [9.17, 15) is 10.1 Å². The summed E-state index contributed by atoms with van der Waals surface area (Å²) in [5, 5.41) is 10.6. The van der Waals surface area contributed by atoms with Gasteiger partial charge in [0.25, 0.3) is 6.20 Å². The minimum absolute atomic E-state index is 0.306. The Hall–Kier alpha value is -0.710. The molecular weight excluding hydrogens is 176 g/mol. The fourth-order valence-corrected chi connectivity index (χ4v) is 2.19. The van der Waals surface area contributed by atoms with E-state index in [0.717, 1.165) is 24.9 Å². The molecule has 4 nitrogen and oxygen atoms in total. The van der Waals surface area contributed by atoms with Crippen LogP contribution in [-0.2, 0) is 0 Å². The molecule has 0 radical (unpaired) electrons. The van der Waals surface area contributed by atoms with Crippen LogP contribution in [0, 0.1) is 10.1 Å². The monoisotopic (exact) mass is 188 g/mol. The Morgan fingerprint density at radius 2 is 2.50 bits per heavy atom. The van der Waals surface area contributed by atoms with Gasteiger partial charge in [-0.25, -0.2) is 0 Å². The van der Waals surface area contributed by atoms with Crippen molar-refractivity contribution < 1.29 is 4.92 Å². The third kappa shape index (κ3) is 1.91. The lowest BCUT2D eigenvalue weighted by Gasteiger charge is -2.12. The molecule has 0 amide bonds. The normalized spacial score (nSPS) is 26.7. The van der Waals surface area contributed by atoms with E-state index in [1.54, 1.807) is 11.8 Å². The van der Waals surface area contributed by atoms with Crippen LogP contribution in [-0.4, -0.2) is 34.9 Å². The van der Waals surface area contributed by atoms with Crippen molar-refractivity contribution in [1.82, 2.24) is 4.90 Å². The standard InChI is InChI=1S/C7H12N2O2S/c1-8-4-3-7(12-2)6(8)5-9(10)11/h5,7H,3-4H2,1-2H3. The number of nitrogens with zero attached hydrogens (tertiary/aromatic N) is 2. The largest absolute Gasteiger partial charge is 0.372 e. The number of hydrogen-bond donors (Lipinski definition) is 0. The number of likely N-dealkylation sites (tertiary alicyclic amines) is 1. The van der Waals surface area contributed by atoms with Crippen LogP contribution in [0.15, 0.2) is 11.9 Å². The number of nitro groups is 1. The van der Waals surface area contributed by atoms with Gasteiger partial charge in [0.05, 0.1) is 15.9 Å². The summed E-state index contributed by atoms with van der Waals surface area (Å²) < 4.78 is 0. The van der Waals surface area contributed by atoms with Gasteiger partial charge in [-0.05, 0) is 12.7 Å². The predicted molar refractivity (Wildman–Crippen MR) is 49.6 cm³/mol. The molecule has 68 valence electrons. The SMILES string of the molecule is CSC1CCN(C)C1=C[N+](=O)[O-]. The van der Waals surface area contributed by atoms with Gasteiger partial charge in [-0.15, -0.1) is 0 Å². The molecule has 1 atom stereocenters. The molecule has 0 bridgehead atoms. The molecule has 1 aliphatic rings. The summed E-state index contributed by atoms with van der Waals surface area (Å²) in [6, 6.07) is 0. The summed E-state index contributed by atoms with van der Waals surface area (Å²) in [6.45, 7) is 0.922. The van der Waals surface area contributed by atoms with Crippen LogP contribution in [0.5, 0.6) is 0 Å². The quantitative estimate of drug-likeness (QED) is 0.482. The highest BCUT2D eigenvalue weighted by atomic mass is 32.2. The Balaban J connectivity index is 2.76. The average Bonchev–Trinajstić information content (AvgIpc) is 2.32. The van der Waals surface area contributed by atoms with Gasteiger partial charge in [0.2, 0.25) is 0 Å². The van der Waals surface area contributed by atoms with Gasteiger partial charge in [-0.2, -0.15) is 11.8 Å². The van der Waals surface area contributed by atoms with Gasteiger partial charge in [-0.3, -0.25) is 10.1 Å². The highest BCUT2D eigenvalue weighted by Crippen LogP contribution is 2.28. The highest BCUT2D eigenvalue weighted by Gasteiger charge is 2.26. The minimum Gasteiger partial charge on any atom is -0.372 e. The maximum Gasteiger partial charge on any atom is 0.254 e. The van der Waals surface area contributed by atoms with Gasteiger partial charge < -0.3 is 4.90 Å². The molecule has 0 aromatic carbocycles. The van der Waals surface area contributed by atoms with Crippen LogP contribution in [0.25, 0.3) is 0 Å². The topological polar surface area (TPSA) is 46.4 Å². The van der Waals surface area contributed by atoms with Crippen LogP contribution in [0.2, 0.25) is 0 Å². The van der Waals surface area contributed by atoms with Gasteiger partial charge in [-0.1, -0.05) is 0 Å². The Morgan fingerprint density at radius 3 is 3.00 bits per heavy atom. The van der Waals surface area contributed by atoms with Crippen LogP contribution >= 0.6 is 11.8 Å². The van der Waals surface area contributed by atoms with Crippen molar-refractivity contribution >= 4 is 11.8 Å². The Kier molecular flexibility index (Phi) is 2.97. The predicted octanol–water partition coefficient (Wildman–Crippen LogP) is 1.17. The Labute approximate surface area is 75.8 Å². The molecule has 1 fully saturated rings. The smallest absolute Gasteiger partial charge is 0.254 e. The summed E-state index contributed by atoms with van der Waals surface area (Å²) in [4.78, 5) is 11.8. The molecule has 0 aromatic heterocycles. The summed E-state index contributed by atoms with van der Waals surface area (Å²) in [5.74, 6) is 0. The lowest BCUT2D eigenvalue weighted by molar-refractivity contribution is -0.404. The van der Waals surface area contributed by atoms with Crippen LogP contribution in [0.1, 0.15) is 6.42 Å². The van der Waals surface area contributed by atoms with Gasteiger partial charge in [0, 0.05) is 13.6 Å². The first kappa shape index (κ1) is 9.38. The van der Waals surface area contributed by atoms with E-state index >= 15 is 0 Å². The van der Waals surface area contributed by atoms with Gasteiger partial charge >= 0.3 is 0 Å². The first-order chi connectivity index (χ1) is 5.65. The van der Waals surface area contributed by atoms with Crippen molar-refractivity contribution in [2.75, 3.05) is 19.8 Å². The molecule has 1 unspecified atom stereocenters. The van der Waals surface area contributed by atoms with Crippen molar-refractivity contribution in [2.45, 2.75) is 11.7 Å². The van der Waals surface area contributed by atoms with E-state index in [0.29, 0.717) is 5.25 Å². The Bertz CT molecular complexity index is 217. The number of thioether (sulfide) groups is 1. The van der Waals surface area contributed by atoms with Crippen molar-refractivity contribution in [1.29, 1.82) is 0 Å². The van der Waals surface area contributed by atoms with Crippen LogP contribution in [0.3, 0.4) is 0 Å². The van der Waals surface area contributed by atoms with Gasteiger partial charge in [0.15, 0.2) is 0 Å². The summed E-state index contributed by atoms with van der Waals surface area (Å²) in [7, 11) is 1.89. The molecule has 1 rings (SSSR count). The van der Waals surface area contributed by atoms with E-state index < -0.39 is 0 Å². The van der Waals surface area contributed by atoms with Crippen LogP contribution in [0.4, 0.5) is 0 Å². The third-order valence-corrected chi connectivity index (χ3v) is 3.07. The first-order valence-electron chi connectivity index (χ1n) is 3.74. The molecule has 0 aromatic rings. The van der Waals surface area contributed by atoms with E-state index in [2.05, 4.69) is 0 Å². The number of hydrogen-bond acceptors (Lipinski definition) is 4. The maximum atomic E-state index is 10.3. The highest BCUT2D eigenvalue weighted by molar-refractivity contribution is 7.99. The molecule has 1 aliphatic heterocycles. The molecule has 0 aliphatic carbocycles. The molecular formula is C7H12N2O2S. The van der Waals surface area contributed by atoms with E-state index in [4.69, 9.17) is 0 Å². The van der Waals surface area contributed by atoms with Crippen molar-refractivity contribution in [3.8, 4) is 0 Å². The second-order valence-electron chi connectivity index (χ2n) is 2.77. The second kappa shape index (κ2) is 3.80. The summed E-state index contributed by atoms with van der Waals surface area (Å²) >= 11 is 1.67. The van der Waals surface area contributed by atoms with Crippen molar-refractivity contribution in [3.63, 3.8) is 0 Å². The molecule has 1 heterocycles. The van der Waals surface area contributed by atoms with E-state index in [-0.39, 0.29) is 4.92 Å². The minimum atomic E-state index is -0.375. The maximum absolute atomic E-state index is 10.3. The molecule has 0 N–H and O–H groups in total. The van der Waals surface area contributed by atoms with Crippen LogP contribution < -0.4 is 0 Å². The molecule has 12 heavy (non-hydrogen) atoms. The molecule has 5 heteroatoms. The zero-order valence-electron chi connectivity index (χ0n) is 7.19. The second-order valence-corrected chi connectivity index (χ2v) is 3.81. The van der Waals surface area contributed by atoms with Crippen molar-refractivity contribution in [2.24, 2.45) is 0 Å². The van der Waals surface area contributed by atoms with E-state index in [1.807, 2.05) is 18.2 Å². The van der Waals surface area contributed by atoms with Gasteiger partial charge in [0.1, 0.15) is 0 Å². The molecule has 1 saturated heterocycles. The third-order valence-electron chi connectivity index (χ3n) is 2.02. The van der Waals surface area contributed by atoms with Crippen molar-refractivity contribution in [3.05, 3.63) is 22.0 Å². The fraction of sp³-hybridized carbons (Fsp3) is 0.714. The zero-order chi connectivity index (χ0) is 9.14.